The van der Waals surface area contributed by atoms with Gasteiger partial charge in [0, 0.05) is 6.54 Å². The molecule has 1 unspecified atom stereocenters. The van der Waals surface area contributed by atoms with Gasteiger partial charge < -0.3 is 5.32 Å². The SMILES string of the molecule is CCc1cc(C(Cc2ccc(F)c(F)c2)NC)n(CC)n1. The van der Waals surface area contributed by atoms with Crippen molar-refractivity contribution in [2.24, 2.45) is 0 Å². The van der Waals surface area contributed by atoms with Crippen LogP contribution in [0.25, 0.3) is 0 Å². The highest BCUT2D eigenvalue weighted by Gasteiger charge is 2.17. The lowest BCUT2D eigenvalue weighted by Crippen LogP contribution is -2.22. The van der Waals surface area contributed by atoms with E-state index in [1.165, 1.54) is 12.1 Å². The van der Waals surface area contributed by atoms with Crippen LogP contribution in [0, 0.1) is 11.6 Å². The lowest BCUT2D eigenvalue weighted by molar-refractivity contribution is 0.496. The van der Waals surface area contributed by atoms with Gasteiger partial charge in [-0.05, 0) is 50.6 Å². The summed E-state index contributed by atoms with van der Waals surface area (Å²) in [6, 6.07) is 6.14. The Morgan fingerprint density at radius 2 is 1.95 bits per heavy atom. The largest absolute Gasteiger partial charge is 0.311 e. The first kappa shape index (κ1) is 15.6. The van der Waals surface area contributed by atoms with Gasteiger partial charge in [0.2, 0.25) is 0 Å². The van der Waals surface area contributed by atoms with Crippen LogP contribution in [0.4, 0.5) is 8.78 Å². The third-order valence-electron chi connectivity index (χ3n) is 3.65. The third kappa shape index (κ3) is 3.47. The average Bonchev–Trinajstić information content (AvgIpc) is 2.91. The molecule has 0 fully saturated rings. The fourth-order valence-corrected chi connectivity index (χ4v) is 2.45. The molecule has 1 aromatic carbocycles. The van der Waals surface area contributed by atoms with E-state index in [2.05, 4.69) is 23.4 Å². The first-order valence-electron chi connectivity index (χ1n) is 7.26. The second-order valence-corrected chi connectivity index (χ2v) is 5.02. The highest BCUT2D eigenvalue weighted by Crippen LogP contribution is 2.21. The van der Waals surface area contributed by atoms with E-state index < -0.39 is 11.6 Å². The summed E-state index contributed by atoms with van der Waals surface area (Å²) in [5.41, 5.74) is 2.87. The van der Waals surface area contributed by atoms with E-state index in [4.69, 9.17) is 0 Å². The molecule has 0 aliphatic heterocycles. The standard InChI is InChI=1S/C16H21F2N3/c1-4-12-10-16(21(5-2)20-12)15(19-3)9-11-6-7-13(17)14(18)8-11/h6-8,10,15,19H,4-5,9H2,1-3H3. The average molecular weight is 293 g/mol. The number of hydrogen-bond acceptors (Lipinski definition) is 2. The molecular formula is C16H21F2N3. The summed E-state index contributed by atoms with van der Waals surface area (Å²) in [6.07, 6.45) is 1.46. The molecule has 0 radical (unpaired) electrons. The van der Waals surface area contributed by atoms with Crippen LogP contribution in [0.15, 0.2) is 24.3 Å². The first-order chi connectivity index (χ1) is 10.1. The predicted molar refractivity (Wildman–Crippen MR) is 79.1 cm³/mol. The molecule has 3 nitrogen and oxygen atoms in total. The van der Waals surface area contributed by atoms with Gasteiger partial charge >= 0.3 is 0 Å². The van der Waals surface area contributed by atoms with Gasteiger partial charge in [0.25, 0.3) is 0 Å². The molecule has 0 saturated heterocycles. The maximum absolute atomic E-state index is 13.3. The second-order valence-electron chi connectivity index (χ2n) is 5.02. The van der Waals surface area contributed by atoms with E-state index in [-0.39, 0.29) is 6.04 Å². The molecule has 2 rings (SSSR count). The molecule has 1 atom stereocenters. The minimum Gasteiger partial charge on any atom is -0.311 e. The van der Waals surface area contributed by atoms with E-state index in [0.29, 0.717) is 6.42 Å². The van der Waals surface area contributed by atoms with Crippen molar-refractivity contribution < 1.29 is 8.78 Å². The van der Waals surface area contributed by atoms with E-state index in [9.17, 15) is 8.78 Å². The Hall–Kier alpha value is -1.75. The highest BCUT2D eigenvalue weighted by atomic mass is 19.2. The second kappa shape index (κ2) is 6.80. The van der Waals surface area contributed by atoms with Crippen LogP contribution in [-0.4, -0.2) is 16.8 Å². The number of rotatable bonds is 6. The Labute approximate surface area is 124 Å². The lowest BCUT2D eigenvalue weighted by atomic mass is 10.0. The normalized spacial score (nSPS) is 12.6. The highest BCUT2D eigenvalue weighted by molar-refractivity contribution is 5.22. The summed E-state index contributed by atoms with van der Waals surface area (Å²) in [4.78, 5) is 0. The number of halogens is 2. The molecular weight excluding hydrogens is 272 g/mol. The van der Waals surface area contributed by atoms with Crippen LogP contribution in [0.5, 0.6) is 0 Å². The number of benzene rings is 1. The number of nitrogens with zero attached hydrogens (tertiary/aromatic N) is 2. The molecule has 5 heteroatoms. The summed E-state index contributed by atoms with van der Waals surface area (Å²) >= 11 is 0. The van der Waals surface area contributed by atoms with E-state index in [1.54, 1.807) is 6.07 Å². The summed E-state index contributed by atoms with van der Waals surface area (Å²) in [7, 11) is 1.86. The molecule has 0 aliphatic carbocycles. The van der Waals surface area contributed by atoms with Crippen molar-refractivity contribution in [3.05, 3.63) is 52.9 Å². The first-order valence-corrected chi connectivity index (χ1v) is 7.26. The monoisotopic (exact) mass is 293 g/mol. The van der Waals surface area contributed by atoms with Crippen molar-refractivity contribution in [2.45, 2.75) is 39.3 Å². The zero-order valence-electron chi connectivity index (χ0n) is 12.7. The number of likely N-dealkylation sites (N-methyl/N-ethyl adjacent to an activating group) is 1. The van der Waals surface area contributed by atoms with Crippen LogP contribution in [0.2, 0.25) is 0 Å². The van der Waals surface area contributed by atoms with Gasteiger partial charge in [0.1, 0.15) is 0 Å². The molecule has 0 bridgehead atoms. The molecule has 21 heavy (non-hydrogen) atoms. The zero-order valence-corrected chi connectivity index (χ0v) is 12.7. The van der Waals surface area contributed by atoms with Gasteiger partial charge in [-0.15, -0.1) is 0 Å². The summed E-state index contributed by atoms with van der Waals surface area (Å²) in [6.45, 7) is 4.89. The van der Waals surface area contributed by atoms with Gasteiger partial charge in [-0.2, -0.15) is 5.10 Å². The Balaban J connectivity index is 2.26. The molecule has 0 spiro atoms. The van der Waals surface area contributed by atoms with Crippen LogP contribution in [0.1, 0.15) is 36.8 Å². The molecule has 1 N–H and O–H groups in total. The number of aryl methyl sites for hydroxylation is 2. The minimum atomic E-state index is -0.813. The van der Waals surface area contributed by atoms with Crippen molar-refractivity contribution in [3.8, 4) is 0 Å². The van der Waals surface area contributed by atoms with Crippen LogP contribution in [-0.2, 0) is 19.4 Å². The molecule has 114 valence electrons. The van der Waals surface area contributed by atoms with Crippen molar-refractivity contribution in [1.82, 2.24) is 15.1 Å². The predicted octanol–water partition coefficient (Wildman–Crippen LogP) is 3.25. The zero-order chi connectivity index (χ0) is 15.4. The number of aromatic nitrogens is 2. The molecule has 2 aromatic rings. The van der Waals surface area contributed by atoms with Gasteiger partial charge in [0.15, 0.2) is 11.6 Å². The van der Waals surface area contributed by atoms with Gasteiger partial charge in [-0.25, -0.2) is 8.78 Å². The summed E-state index contributed by atoms with van der Waals surface area (Å²) in [5, 5.41) is 7.77. The summed E-state index contributed by atoms with van der Waals surface area (Å²) < 4.78 is 28.3. The maximum Gasteiger partial charge on any atom is 0.159 e. The van der Waals surface area contributed by atoms with E-state index in [1.807, 2.05) is 18.7 Å². The van der Waals surface area contributed by atoms with Gasteiger partial charge in [-0.3, -0.25) is 4.68 Å². The van der Waals surface area contributed by atoms with Gasteiger partial charge in [0.05, 0.1) is 17.4 Å². The summed E-state index contributed by atoms with van der Waals surface area (Å²) in [5.74, 6) is -1.62. The van der Waals surface area contributed by atoms with Crippen molar-refractivity contribution in [2.75, 3.05) is 7.05 Å². The quantitative estimate of drug-likeness (QED) is 0.886. The van der Waals surface area contributed by atoms with Crippen LogP contribution < -0.4 is 5.32 Å². The van der Waals surface area contributed by atoms with Crippen molar-refractivity contribution in [3.63, 3.8) is 0 Å². The molecule has 1 aromatic heterocycles. The Morgan fingerprint density at radius 3 is 2.52 bits per heavy atom. The maximum atomic E-state index is 13.3. The van der Waals surface area contributed by atoms with Gasteiger partial charge in [-0.1, -0.05) is 13.0 Å². The minimum absolute atomic E-state index is 0.0163. The number of nitrogens with one attached hydrogen (secondary N) is 1. The third-order valence-corrected chi connectivity index (χ3v) is 3.65. The lowest BCUT2D eigenvalue weighted by Gasteiger charge is -2.17. The van der Waals surface area contributed by atoms with E-state index in [0.717, 1.165) is 29.9 Å². The smallest absolute Gasteiger partial charge is 0.159 e. The molecule has 0 amide bonds. The number of hydrogen-bond donors (Lipinski definition) is 1. The fourth-order valence-electron chi connectivity index (χ4n) is 2.45. The fraction of sp³-hybridized carbons (Fsp3) is 0.438. The molecule has 1 heterocycles. The Kier molecular flexibility index (Phi) is 5.07. The Bertz CT molecular complexity index is 608. The van der Waals surface area contributed by atoms with Crippen molar-refractivity contribution >= 4 is 0 Å². The topological polar surface area (TPSA) is 29.9 Å². The van der Waals surface area contributed by atoms with Crippen LogP contribution >= 0.6 is 0 Å². The molecule has 0 saturated carbocycles. The van der Waals surface area contributed by atoms with Crippen LogP contribution in [0.3, 0.4) is 0 Å². The molecule has 0 aliphatic rings. The van der Waals surface area contributed by atoms with E-state index >= 15 is 0 Å². The Morgan fingerprint density at radius 1 is 1.19 bits per heavy atom. The van der Waals surface area contributed by atoms with Crippen molar-refractivity contribution in [1.29, 1.82) is 0 Å².